The van der Waals surface area contributed by atoms with E-state index >= 15 is 0 Å². The summed E-state index contributed by atoms with van der Waals surface area (Å²) in [5, 5.41) is 12.1. The molecular formula is C10H23NO3. The lowest BCUT2D eigenvalue weighted by molar-refractivity contribution is 0.0687. The fourth-order valence-corrected chi connectivity index (χ4v) is 1.01. The molecular weight excluding hydrogens is 182 g/mol. The average Bonchev–Trinajstić information content (AvgIpc) is 2.15. The van der Waals surface area contributed by atoms with Crippen LogP contribution in [0.4, 0.5) is 0 Å². The Bertz CT molecular complexity index is 110. The van der Waals surface area contributed by atoms with Crippen molar-refractivity contribution in [1.29, 1.82) is 0 Å². The number of hydrogen-bond acceptors (Lipinski definition) is 4. The molecule has 86 valence electrons. The highest BCUT2D eigenvalue weighted by molar-refractivity contribution is 4.52. The lowest BCUT2D eigenvalue weighted by atomic mass is 10.3. The zero-order valence-electron chi connectivity index (χ0n) is 9.29. The van der Waals surface area contributed by atoms with Gasteiger partial charge in [-0.15, -0.1) is 0 Å². The normalized spacial score (nSPS) is 13.1. The van der Waals surface area contributed by atoms with Gasteiger partial charge in [-0.25, -0.2) is 0 Å². The lowest BCUT2D eigenvalue weighted by Gasteiger charge is -2.06. The molecule has 0 aliphatic carbocycles. The first kappa shape index (κ1) is 13.8. The Balaban J connectivity index is 2.85. The Hall–Kier alpha value is -0.160. The van der Waals surface area contributed by atoms with Crippen LogP contribution >= 0.6 is 0 Å². The summed E-state index contributed by atoms with van der Waals surface area (Å²) in [5.74, 6) is 0. The summed E-state index contributed by atoms with van der Waals surface area (Å²) >= 11 is 0. The van der Waals surface area contributed by atoms with E-state index in [2.05, 4.69) is 5.32 Å². The Labute approximate surface area is 86.6 Å². The van der Waals surface area contributed by atoms with Gasteiger partial charge in [-0.05, 0) is 26.3 Å². The van der Waals surface area contributed by atoms with Crippen LogP contribution in [0.3, 0.4) is 0 Å². The highest BCUT2D eigenvalue weighted by atomic mass is 16.5. The van der Waals surface area contributed by atoms with Gasteiger partial charge in [0, 0.05) is 20.3 Å². The van der Waals surface area contributed by atoms with Crippen LogP contribution in [0.1, 0.15) is 19.8 Å². The number of aliphatic hydroxyl groups excluding tert-OH is 1. The van der Waals surface area contributed by atoms with E-state index in [0.717, 1.165) is 26.0 Å². The fraction of sp³-hybridized carbons (Fsp3) is 1.00. The molecule has 0 saturated carbocycles. The largest absolute Gasteiger partial charge is 0.392 e. The molecule has 1 atom stereocenters. The van der Waals surface area contributed by atoms with E-state index in [-0.39, 0.29) is 6.10 Å². The molecule has 4 heteroatoms. The summed E-state index contributed by atoms with van der Waals surface area (Å²) in [6.45, 7) is 5.53. The maximum atomic E-state index is 8.95. The molecule has 0 saturated heterocycles. The highest BCUT2D eigenvalue weighted by Crippen LogP contribution is 1.89. The van der Waals surface area contributed by atoms with Crippen LogP contribution in [0.2, 0.25) is 0 Å². The van der Waals surface area contributed by atoms with Gasteiger partial charge in [-0.3, -0.25) is 0 Å². The number of aliphatic hydroxyl groups is 1. The van der Waals surface area contributed by atoms with E-state index in [1.165, 1.54) is 0 Å². The van der Waals surface area contributed by atoms with Crippen LogP contribution in [-0.2, 0) is 9.47 Å². The Morgan fingerprint density at radius 3 is 2.64 bits per heavy atom. The first-order valence-electron chi connectivity index (χ1n) is 5.23. The molecule has 0 heterocycles. The van der Waals surface area contributed by atoms with Gasteiger partial charge in [0.15, 0.2) is 0 Å². The molecule has 14 heavy (non-hydrogen) atoms. The molecule has 0 fully saturated rings. The van der Waals surface area contributed by atoms with Crippen molar-refractivity contribution >= 4 is 0 Å². The number of methoxy groups -OCH3 is 1. The molecule has 0 aromatic carbocycles. The van der Waals surface area contributed by atoms with Crippen molar-refractivity contribution in [3.8, 4) is 0 Å². The molecule has 0 aliphatic heterocycles. The third-order valence-electron chi connectivity index (χ3n) is 1.76. The van der Waals surface area contributed by atoms with Gasteiger partial charge >= 0.3 is 0 Å². The molecule has 0 spiro atoms. The quantitative estimate of drug-likeness (QED) is 0.507. The van der Waals surface area contributed by atoms with Crippen molar-refractivity contribution in [2.75, 3.05) is 40.0 Å². The van der Waals surface area contributed by atoms with Gasteiger partial charge in [0.25, 0.3) is 0 Å². The Morgan fingerprint density at radius 1 is 1.21 bits per heavy atom. The van der Waals surface area contributed by atoms with E-state index in [1.54, 1.807) is 14.0 Å². The third kappa shape index (κ3) is 11.8. The van der Waals surface area contributed by atoms with Crippen LogP contribution < -0.4 is 5.32 Å². The second kappa shape index (κ2) is 10.9. The first-order valence-corrected chi connectivity index (χ1v) is 5.23. The van der Waals surface area contributed by atoms with Gasteiger partial charge in [0.2, 0.25) is 0 Å². The maximum absolute atomic E-state index is 8.95. The summed E-state index contributed by atoms with van der Waals surface area (Å²) in [7, 11) is 1.67. The average molecular weight is 205 g/mol. The molecule has 0 radical (unpaired) electrons. The summed E-state index contributed by atoms with van der Waals surface area (Å²) in [6, 6.07) is 0. The van der Waals surface area contributed by atoms with Crippen molar-refractivity contribution in [2.45, 2.75) is 25.9 Å². The van der Waals surface area contributed by atoms with Crippen molar-refractivity contribution < 1.29 is 14.6 Å². The summed E-state index contributed by atoms with van der Waals surface area (Å²) < 4.78 is 10.1. The van der Waals surface area contributed by atoms with Crippen molar-refractivity contribution in [2.24, 2.45) is 0 Å². The van der Waals surface area contributed by atoms with Gasteiger partial charge in [0.05, 0.1) is 19.3 Å². The predicted molar refractivity (Wildman–Crippen MR) is 56.5 cm³/mol. The second-order valence-corrected chi connectivity index (χ2v) is 3.37. The van der Waals surface area contributed by atoms with E-state index in [4.69, 9.17) is 14.6 Å². The van der Waals surface area contributed by atoms with Crippen molar-refractivity contribution in [3.63, 3.8) is 0 Å². The van der Waals surface area contributed by atoms with E-state index in [0.29, 0.717) is 19.8 Å². The fourth-order valence-electron chi connectivity index (χ4n) is 1.01. The van der Waals surface area contributed by atoms with E-state index in [1.807, 2.05) is 0 Å². The van der Waals surface area contributed by atoms with Crippen LogP contribution in [0.5, 0.6) is 0 Å². The number of nitrogens with one attached hydrogen (secondary N) is 1. The minimum absolute atomic E-state index is 0.257. The minimum atomic E-state index is -0.257. The van der Waals surface area contributed by atoms with Crippen LogP contribution in [0, 0.1) is 0 Å². The zero-order valence-corrected chi connectivity index (χ0v) is 9.29. The Morgan fingerprint density at radius 2 is 2.00 bits per heavy atom. The number of ether oxygens (including phenoxy) is 2. The molecule has 0 bridgehead atoms. The SMILES string of the molecule is COCCOCCCCNC[C@@H](C)O. The Kier molecular flexibility index (Phi) is 10.8. The van der Waals surface area contributed by atoms with Gasteiger partial charge in [-0.1, -0.05) is 0 Å². The van der Waals surface area contributed by atoms with E-state index < -0.39 is 0 Å². The summed E-state index contributed by atoms with van der Waals surface area (Å²) in [6.07, 6.45) is 1.88. The van der Waals surface area contributed by atoms with Crippen LogP contribution in [-0.4, -0.2) is 51.2 Å². The van der Waals surface area contributed by atoms with E-state index in [9.17, 15) is 0 Å². The van der Waals surface area contributed by atoms with Gasteiger partial charge < -0.3 is 19.9 Å². The topological polar surface area (TPSA) is 50.7 Å². The first-order chi connectivity index (χ1) is 6.77. The highest BCUT2D eigenvalue weighted by Gasteiger charge is 1.94. The molecule has 0 aromatic rings. The molecule has 0 aliphatic rings. The summed E-state index contributed by atoms with van der Waals surface area (Å²) in [4.78, 5) is 0. The van der Waals surface area contributed by atoms with Crippen molar-refractivity contribution in [1.82, 2.24) is 5.32 Å². The molecule has 0 rings (SSSR count). The van der Waals surface area contributed by atoms with Crippen LogP contribution in [0.25, 0.3) is 0 Å². The molecule has 0 unspecified atom stereocenters. The van der Waals surface area contributed by atoms with Gasteiger partial charge in [0.1, 0.15) is 0 Å². The van der Waals surface area contributed by atoms with Gasteiger partial charge in [-0.2, -0.15) is 0 Å². The number of hydrogen-bond donors (Lipinski definition) is 2. The molecule has 4 nitrogen and oxygen atoms in total. The smallest absolute Gasteiger partial charge is 0.0700 e. The third-order valence-corrected chi connectivity index (χ3v) is 1.76. The monoisotopic (exact) mass is 205 g/mol. The summed E-state index contributed by atoms with van der Waals surface area (Å²) in [5.41, 5.74) is 0. The van der Waals surface area contributed by atoms with Crippen molar-refractivity contribution in [3.05, 3.63) is 0 Å². The maximum Gasteiger partial charge on any atom is 0.0700 e. The molecule has 0 amide bonds. The number of unbranched alkanes of at least 4 members (excludes halogenated alkanes) is 1. The lowest BCUT2D eigenvalue weighted by Crippen LogP contribution is -2.25. The molecule has 0 aromatic heterocycles. The molecule has 2 N–H and O–H groups in total. The predicted octanol–water partition coefficient (Wildman–Crippen LogP) is 0.400. The van der Waals surface area contributed by atoms with Crippen LogP contribution in [0.15, 0.2) is 0 Å². The zero-order chi connectivity index (χ0) is 10.6. The second-order valence-electron chi connectivity index (χ2n) is 3.37. The number of rotatable bonds is 10. The minimum Gasteiger partial charge on any atom is -0.392 e. The standard InChI is InChI=1S/C10H23NO3/c1-10(12)9-11-5-3-4-6-14-8-7-13-2/h10-12H,3-9H2,1-2H3/t10-/m1/s1.